The summed E-state index contributed by atoms with van der Waals surface area (Å²) < 4.78 is 26.3. The summed E-state index contributed by atoms with van der Waals surface area (Å²) in [6.45, 7) is 2.10. The molecule has 1 fully saturated rings. The molecule has 1 aliphatic rings. The highest BCUT2D eigenvalue weighted by Crippen LogP contribution is 2.31. The van der Waals surface area contributed by atoms with E-state index in [0.29, 0.717) is 12.8 Å². The fraction of sp³-hybridized carbons (Fsp3) is 0.462. The molecule has 8 heteroatoms. The molecule has 21 heavy (non-hydrogen) atoms. The summed E-state index contributed by atoms with van der Waals surface area (Å²) in [5.74, 6) is -0.962. The van der Waals surface area contributed by atoms with E-state index in [2.05, 4.69) is 0 Å². The minimum absolute atomic E-state index is 0.0438. The molecule has 0 bridgehead atoms. The smallest absolute Gasteiger partial charge is 0.322 e. The molecule has 1 aromatic rings. The van der Waals surface area contributed by atoms with Gasteiger partial charge in [0.05, 0.1) is 14.9 Å². The van der Waals surface area contributed by atoms with Crippen molar-refractivity contribution in [2.45, 2.75) is 30.7 Å². The summed E-state index contributed by atoms with van der Waals surface area (Å²) in [5.41, 5.74) is 0. The summed E-state index contributed by atoms with van der Waals surface area (Å²) in [6, 6.07) is 2.92. The molecule has 1 N–H and O–H groups in total. The SMILES string of the molecule is CC1CCN(S(=O)(=O)c2ccc(Cl)c(Cl)c2)C(C(=O)O)C1. The van der Waals surface area contributed by atoms with Gasteiger partial charge >= 0.3 is 5.97 Å². The Hall–Kier alpha value is -0.820. The normalized spacial score (nSPS) is 24.0. The molecule has 0 radical (unpaired) electrons. The highest BCUT2D eigenvalue weighted by molar-refractivity contribution is 7.89. The molecule has 1 aromatic carbocycles. The lowest BCUT2D eigenvalue weighted by molar-refractivity contribution is -0.143. The summed E-state index contributed by atoms with van der Waals surface area (Å²) >= 11 is 11.6. The predicted octanol–water partition coefficient (Wildman–Crippen LogP) is 2.87. The molecule has 1 aliphatic heterocycles. The van der Waals surface area contributed by atoms with Crippen molar-refractivity contribution >= 4 is 39.2 Å². The molecular formula is C13H15Cl2NO4S. The van der Waals surface area contributed by atoms with Crippen molar-refractivity contribution in [2.24, 2.45) is 5.92 Å². The van der Waals surface area contributed by atoms with Crippen LogP contribution in [0.4, 0.5) is 0 Å². The number of benzene rings is 1. The van der Waals surface area contributed by atoms with E-state index >= 15 is 0 Å². The molecule has 2 unspecified atom stereocenters. The highest BCUT2D eigenvalue weighted by Gasteiger charge is 2.39. The second-order valence-corrected chi connectivity index (χ2v) is 7.88. The van der Waals surface area contributed by atoms with Crippen molar-refractivity contribution in [3.8, 4) is 0 Å². The van der Waals surface area contributed by atoms with Gasteiger partial charge < -0.3 is 5.11 Å². The van der Waals surface area contributed by atoms with Gasteiger partial charge in [0.2, 0.25) is 10.0 Å². The molecule has 116 valence electrons. The van der Waals surface area contributed by atoms with Crippen molar-refractivity contribution in [3.63, 3.8) is 0 Å². The fourth-order valence-corrected chi connectivity index (χ4v) is 4.40. The Labute approximate surface area is 133 Å². The Morgan fingerprint density at radius 3 is 2.57 bits per heavy atom. The molecule has 0 aromatic heterocycles. The minimum Gasteiger partial charge on any atom is -0.480 e. The lowest BCUT2D eigenvalue weighted by Gasteiger charge is -2.34. The van der Waals surface area contributed by atoms with E-state index in [-0.39, 0.29) is 27.4 Å². The standard InChI is InChI=1S/C13H15Cl2NO4S/c1-8-4-5-16(12(6-8)13(17)18)21(19,20)9-2-3-10(14)11(15)7-9/h2-3,7-8,12H,4-6H2,1H3,(H,17,18). The van der Waals surface area contributed by atoms with Gasteiger partial charge in [-0.05, 0) is 37.0 Å². The van der Waals surface area contributed by atoms with Crippen LogP contribution in [0.25, 0.3) is 0 Å². The van der Waals surface area contributed by atoms with E-state index in [1.165, 1.54) is 18.2 Å². The lowest BCUT2D eigenvalue weighted by atomic mass is 9.94. The third-order valence-corrected chi connectivity index (χ3v) is 6.24. The number of piperidine rings is 1. The third-order valence-electron chi connectivity index (χ3n) is 3.60. The van der Waals surface area contributed by atoms with Gasteiger partial charge in [-0.2, -0.15) is 4.31 Å². The van der Waals surface area contributed by atoms with Gasteiger partial charge in [0.15, 0.2) is 0 Å². The van der Waals surface area contributed by atoms with Crippen molar-refractivity contribution in [3.05, 3.63) is 28.2 Å². The molecule has 2 rings (SSSR count). The number of carboxylic acids is 1. The molecule has 1 saturated heterocycles. The molecule has 1 heterocycles. The summed E-state index contributed by atoms with van der Waals surface area (Å²) in [7, 11) is -3.91. The lowest BCUT2D eigenvalue weighted by Crippen LogP contribution is -2.49. The Morgan fingerprint density at radius 2 is 2.00 bits per heavy atom. The second-order valence-electron chi connectivity index (χ2n) is 5.18. The van der Waals surface area contributed by atoms with Crippen LogP contribution in [0, 0.1) is 5.92 Å². The van der Waals surface area contributed by atoms with Crippen molar-refractivity contribution in [2.75, 3.05) is 6.54 Å². The van der Waals surface area contributed by atoms with Crippen LogP contribution in [0.2, 0.25) is 10.0 Å². The van der Waals surface area contributed by atoms with Crippen LogP contribution in [-0.2, 0) is 14.8 Å². The van der Waals surface area contributed by atoms with Gasteiger partial charge in [0.25, 0.3) is 0 Å². The first-order chi connectivity index (χ1) is 9.73. The number of sulfonamides is 1. The van der Waals surface area contributed by atoms with Gasteiger partial charge in [-0.25, -0.2) is 8.42 Å². The van der Waals surface area contributed by atoms with Gasteiger partial charge in [0, 0.05) is 6.54 Å². The Bertz CT molecular complexity index is 662. The number of halogens is 2. The third kappa shape index (κ3) is 3.34. The van der Waals surface area contributed by atoms with Crippen molar-refractivity contribution in [1.82, 2.24) is 4.31 Å². The van der Waals surface area contributed by atoms with E-state index in [4.69, 9.17) is 23.2 Å². The Kier molecular flexibility index (Phi) is 4.82. The van der Waals surface area contributed by atoms with E-state index in [1.54, 1.807) is 0 Å². The van der Waals surface area contributed by atoms with E-state index in [9.17, 15) is 18.3 Å². The minimum atomic E-state index is -3.91. The zero-order valence-corrected chi connectivity index (χ0v) is 13.6. The topological polar surface area (TPSA) is 74.7 Å². The van der Waals surface area contributed by atoms with Crippen molar-refractivity contribution < 1.29 is 18.3 Å². The number of carbonyl (C=O) groups is 1. The van der Waals surface area contributed by atoms with Crippen LogP contribution in [-0.4, -0.2) is 36.4 Å². The predicted molar refractivity (Wildman–Crippen MR) is 80.2 cm³/mol. The second kappa shape index (κ2) is 6.12. The summed E-state index contributed by atoms with van der Waals surface area (Å²) in [4.78, 5) is 11.3. The number of nitrogens with zero attached hydrogens (tertiary/aromatic N) is 1. The van der Waals surface area contributed by atoms with E-state index in [1.807, 2.05) is 6.92 Å². The molecule has 0 spiro atoms. The zero-order chi connectivity index (χ0) is 15.8. The van der Waals surface area contributed by atoms with Crippen LogP contribution < -0.4 is 0 Å². The molecule has 5 nitrogen and oxygen atoms in total. The van der Waals surface area contributed by atoms with Crippen LogP contribution in [0.1, 0.15) is 19.8 Å². The fourth-order valence-electron chi connectivity index (χ4n) is 2.40. The molecule has 0 saturated carbocycles. The van der Waals surface area contributed by atoms with E-state index in [0.717, 1.165) is 4.31 Å². The maximum Gasteiger partial charge on any atom is 0.322 e. The number of aliphatic carboxylic acids is 1. The largest absolute Gasteiger partial charge is 0.480 e. The van der Waals surface area contributed by atoms with Crippen LogP contribution in [0.3, 0.4) is 0 Å². The van der Waals surface area contributed by atoms with Crippen LogP contribution in [0.15, 0.2) is 23.1 Å². The first-order valence-electron chi connectivity index (χ1n) is 6.43. The quantitative estimate of drug-likeness (QED) is 0.908. The molecule has 0 amide bonds. The number of hydrogen-bond acceptors (Lipinski definition) is 3. The first-order valence-corrected chi connectivity index (χ1v) is 8.62. The maximum atomic E-state index is 12.6. The van der Waals surface area contributed by atoms with Crippen LogP contribution >= 0.6 is 23.2 Å². The monoisotopic (exact) mass is 351 g/mol. The first kappa shape index (κ1) is 16.5. The summed E-state index contributed by atoms with van der Waals surface area (Å²) in [6.07, 6.45) is 0.931. The number of rotatable bonds is 3. The summed E-state index contributed by atoms with van der Waals surface area (Å²) in [5, 5.41) is 9.65. The zero-order valence-electron chi connectivity index (χ0n) is 11.3. The average Bonchev–Trinajstić information content (AvgIpc) is 2.41. The van der Waals surface area contributed by atoms with Gasteiger partial charge in [-0.15, -0.1) is 0 Å². The average molecular weight is 352 g/mol. The van der Waals surface area contributed by atoms with Crippen molar-refractivity contribution in [1.29, 1.82) is 0 Å². The molecule has 0 aliphatic carbocycles. The number of hydrogen-bond donors (Lipinski definition) is 1. The molecule has 2 atom stereocenters. The Morgan fingerprint density at radius 1 is 1.33 bits per heavy atom. The molecular weight excluding hydrogens is 337 g/mol. The van der Waals surface area contributed by atoms with Crippen LogP contribution in [0.5, 0.6) is 0 Å². The van der Waals surface area contributed by atoms with E-state index < -0.39 is 22.0 Å². The van der Waals surface area contributed by atoms with Gasteiger partial charge in [-0.1, -0.05) is 30.1 Å². The van der Waals surface area contributed by atoms with Gasteiger partial charge in [0.1, 0.15) is 6.04 Å². The highest BCUT2D eigenvalue weighted by atomic mass is 35.5. The maximum absolute atomic E-state index is 12.6. The number of carboxylic acid groups (broad SMARTS) is 1. The van der Waals surface area contributed by atoms with Gasteiger partial charge in [-0.3, -0.25) is 4.79 Å². The Balaban J connectivity index is 2.41.